The largest absolute Gasteiger partial charge is 0.490 e. The van der Waals surface area contributed by atoms with Gasteiger partial charge in [-0.25, -0.2) is 0 Å². The molecular weight excluding hydrogens is 274 g/mol. The highest BCUT2D eigenvalue weighted by Gasteiger charge is 2.17. The molecule has 0 unspecified atom stereocenters. The van der Waals surface area contributed by atoms with Crippen LogP contribution < -0.4 is 15.4 Å². The van der Waals surface area contributed by atoms with E-state index in [0.29, 0.717) is 6.10 Å². The van der Waals surface area contributed by atoms with Crippen molar-refractivity contribution in [3.63, 3.8) is 0 Å². The van der Waals surface area contributed by atoms with Crippen molar-refractivity contribution < 1.29 is 4.74 Å². The van der Waals surface area contributed by atoms with Crippen LogP contribution in [0.4, 0.5) is 0 Å². The Hall–Kier alpha value is -1.71. The molecule has 0 amide bonds. The molecule has 0 atom stereocenters. The van der Waals surface area contributed by atoms with Crippen LogP contribution in [0.2, 0.25) is 0 Å². The number of aliphatic imine (C=N–C) groups is 1. The number of guanidine groups is 1. The second kappa shape index (κ2) is 9.34. The van der Waals surface area contributed by atoms with Gasteiger partial charge in [0.15, 0.2) is 5.96 Å². The lowest BCUT2D eigenvalue weighted by molar-refractivity contribution is 0.208. The molecule has 0 spiro atoms. The van der Waals surface area contributed by atoms with Crippen LogP contribution in [0.1, 0.15) is 51.0 Å². The molecule has 0 saturated heterocycles. The summed E-state index contributed by atoms with van der Waals surface area (Å²) >= 11 is 0. The Morgan fingerprint density at radius 2 is 2.00 bits per heavy atom. The van der Waals surface area contributed by atoms with E-state index in [9.17, 15) is 0 Å². The molecule has 122 valence electrons. The molecular formula is C18H29N3O. The van der Waals surface area contributed by atoms with Crippen LogP contribution in [0.3, 0.4) is 0 Å². The summed E-state index contributed by atoms with van der Waals surface area (Å²) in [6.45, 7) is 3.87. The minimum atomic E-state index is 0.392. The van der Waals surface area contributed by atoms with Gasteiger partial charge in [0, 0.05) is 25.7 Å². The van der Waals surface area contributed by atoms with E-state index in [4.69, 9.17) is 4.74 Å². The van der Waals surface area contributed by atoms with E-state index in [1.807, 2.05) is 13.1 Å². The molecule has 1 aromatic rings. The minimum absolute atomic E-state index is 0.392. The van der Waals surface area contributed by atoms with Crippen LogP contribution in [-0.4, -0.2) is 25.7 Å². The lowest BCUT2D eigenvalue weighted by Gasteiger charge is -2.17. The molecule has 22 heavy (non-hydrogen) atoms. The van der Waals surface area contributed by atoms with Crippen molar-refractivity contribution >= 4 is 5.96 Å². The lowest BCUT2D eigenvalue weighted by Crippen LogP contribution is -2.37. The number of nitrogens with one attached hydrogen (secondary N) is 2. The molecule has 4 heteroatoms. The molecule has 0 heterocycles. The first kappa shape index (κ1) is 16.7. The van der Waals surface area contributed by atoms with Crippen molar-refractivity contribution in [2.24, 2.45) is 4.99 Å². The molecule has 0 bridgehead atoms. The highest BCUT2D eigenvalue weighted by Crippen LogP contribution is 2.26. The summed E-state index contributed by atoms with van der Waals surface area (Å²) in [5, 5.41) is 6.70. The molecule has 0 aliphatic heterocycles. The predicted octanol–water partition coefficient (Wildman–Crippen LogP) is 3.47. The van der Waals surface area contributed by atoms with E-state index in [1.165, 1.54) is 37.7 Å². The number of hydrogen-bond donors (Lipinski definition) is 2. The zero-order valence-corrected chi connectivity index (χ0v) is 13.9. The van der Waals surface area contributed by atoms with Gasteiger partial charge in [0.1, 0.15) is 5.75 Å². The van der Waals surface area contributed by atoms with E-state index in [-0.39, 0.29) is 0 Å². The van der Waals surface area contributed by atoms with Gasteiger partial charge in [0.05, 0.1) is 6.10 Å². The molecule has 1 aliphatic rings. The maximum absolute atomic E-state index is 6.17. The maximum atomic E-state index is 6.17. The Kier molecular flexibility index (Phi) is 7.07. The predicted molar refractivity (Wildman–Crippen MR) is 92.4 cm³/mol. The molecule has 2 rings (SSSR count). The standard InChI is InChI=1S/C18H29N3O/c1-3-4-13-20-18(19-2)21-14-15-9-5-8-12-17(15)22-16-10-6-7-11-16/h5,8-9,12,16H,3-4,6-7,10-11,13-14H2,1-2H3,(H2,19,20,21). The first-order valence-corrected chi connectivity index (χ1v) is 8.52. The Morgan fingerprint density at radius 3 is 2.73 bits per heavy atom. The number of ether oxygens (including phenoxy) is 1. The fourth-order valence-electron chi connectivity index (χ4n) is 2.73. The second-order valence-electron chi connectivity index (χ2n) is 5.84. The maximum Gasteiger partial charge on any atom is 0.191 e. The minimum Gasteiger partial charge on any atom is -0.490 e. The molecule has 1 aromatic carbocycles. The Balaban J connectivity index is 1.88. The van der Waals surface area contributed by atoms with E-state index in [2.05, 4.69) is 40.7 Å². The summed E-state index contributed by atoms with van der Waals surface area (Å²) < 4.78 is 6.17. The first-order valence-electron chi connectivity index (χ1n) is 8.52. The number of para-hydroxylation sites is 1. The third-order valence-corrected chi connectivity index (χ3v) is 4.06. The average Bonchev–Trinajstić information content (AvgIpc) is 3.05. The fraction of sp³-hybridized carbons (Fsp3) is 0.611. The van der Waals surface area contributed by atoms with Gasteiger partial charge >= 0.3 is 0 Å². The summed E-state index contributed by atoms with van der Waals surface area (Å²) in [6, 6.07) is 8.30. The van der Waals surface area contributed by atoms with Crippen LogP contribution >= 0.6 is 0 Å². The molecule has 0 aromatic heterocycles. The number of hydrogen-bond acceptors (Lipinski definition) is 2. The van der Waals surface area contributed by atoms with Crippen molar-refractivity contribution in [1.29, 1.82) is 0 Å². The molecule has 0 radical (unpaired) electrons. The zero-order chi connectivity index (χ0) is 15.6. The van der Waals surface area contributed by atoms with E-state index in [0.717, 1.165) is 31.2 Å². The van der Waals surface area contributed by atoms with Gasteiger partial charge in [-0.2, -0.15) is 0 Å². The number of nitrogens with zero attached hydrogens (tertiary/aromatic N) is 1. The third-order valence-electron chi connectivity index (χ3n) is 4.06. The highest BCUT2D eigenvalue weighted by molar-refractivity contribution is 5.79. The molecule has 1 saturated carbocycles. The van der Waals surface area contributed by atoms with Crippen molar-refractivity contribution in [1.82, 2.24) is 10.6 Å². The van der Waals surface area contributed by atoms with Crippen LogP contribution in [0.15, 0.2) is 29.3 Å². The van der Waals surface area contributed by atoms with E-state index >= 15 is 0 Å². The van der Waals surface area contributed by atoms with Crippen LogP contribution in [-0.2, 0) is 6.54 Å². The third kappa shape index (κ3) is 5.24. The van der Waals surface area contributed by atoms with E-state index in [1.54, 1.807) is 0 Å². The number of benzene rings is 1. The first-order chi connectivity index (χ1) is 10.8. The topological polar surface area (TPSA) is 45.7 Å². The summed E-state index contributed by atoms with van der Waals surface area (Å²) in [7, 11) is 1.81. The molecule has 1 fully saturated rings. The second-order valence-corrected chi connectivity index (χ2v) is 5.84. The van der Waals surface area contributed by atoms with Gasteiger partial charge in [0.25, 0.3) is 0 Å². The zero-order valence-electron chi connectivity index (χ0n) is 13.9. The smallest absolute Gasteiger partial charge is 0.191 e. The van der Waals surface area contributed by atoms with Crippen LogP contribution in [0, 0.1) is 0 Å². The van der Waals surface area contributed by atoms with Crippen molar-refractivity contribution in [2.45, 2.75) is 58.1 Å². The van der Waals surface area contributed by atoms with Crippen LogP contribution in [0.25, 0.3) is 0 Å². The fourth-order valence-corrected chi connectivity index (χ4v) is 2.73. The van der Waals surface area contributed by atoms with Crippen molar-refractivity contribution in [3.05, 3.63) is 29.8 Å². The van der Waals surface area contributed by atoms with Gasteiger partial charge in [-0.1, -0.05) is 31.5 Å². The van der Waals surface area contributed by atoms with Gasteiger partial charge in [0.2, 0.25) is 0 Å². The summed E-state index contributed by atoms with van der Waals surface area (Å²) in [5.74, 6) is 1.86. The summed E-state index contributed by atoms with van der Waals surface area (Å²) in [5.41, 5.74) is 1.19. The van der Waals surface area contributed by atoms with Gasteiger partial charge in [-0.3, -0.25) is 4.99 Å². The number of unbranched alkanes of at least 4 members (excludes halogenated alkanes) is 1. The summed E-state index contributed by atoms with van der Waals surface area (Å²) in [4.78, 5) is 4.26. The molecule has 4 nitrogen and oxygen atoms in total. The Morgan fingerprint density at radius 1 is 1.23 bits per heavy atom. The van der Waals surface area contributed by atoms with Gasteiger partial charge < -0.3 is 15.4 Å². The van der Waals surface area contributed by atoms with Gasteiger partial charge in [-0.05, 0) is 38.2 Å². The van der Waals surface area contributed by atoms with Crippen molar-refractivity contribution in [2.75, 3.05) is 13.6 Å². The van der Waals surface area contributed by atoms with Gasteiger partial charge in [-0.15, -0.1) is 0 Å². The normalized spacial score (nSPS) is 15.8. The van der Waals surface area contributed by atoms with Crippen LogP contribution in [0.5, 0.6) is 5.75 Å². The molecule has 2 N–H and O–H groups in total. The summed E-state index contributed by atoms with van der Waals surface area (Å²) in [6.07, 6.45) is 7.68. The average molecular weight is 303 g/mol. The van der Waals surface area contributed by atoms with E-state index < -0.39 is 0 Å². The monoisotopic (exact) mass is 303 g/mol. The Labute approximate surface area is 134 Å². The SMILES string of the molecule is CCCCNC(=NC)NCc1ccccc1OC1CCCC1. The highest BCUT2D eigenvalue weighted by atomic mass is 16.5. The van der Waals surface area contributed by atoms with Crippen molar-refractivity contribution in [3.8, 4) is 5.75 Å². The Bertz CT molecular complexity index is 467. The molecule has 1 aliphatic carbocycles. The quantitative estimate of drug-likeness (QED) is 0.460. The number of rotatable bonds is 7. The lowest BCUT2D eigenvalue weighted by atomic mass is 10.2.